The number of likely N-dealkylation sites (N-methyl/N-ethyl adjacent to an activating group) is 1. The van der Waals surface area contributed by atoms with E-state index in [2.05, 4.69) is 22.1 Å². The zero-order valence-electron chi connectivity index (χ0n) is 9.36. The van der Waals surface area contributed by atoms with E-state index in [9.17, 15) is 4.79 Å². The second kappa shape index (κ2) is 5.50. The first-order chi connectivity index (χ1) is 7.22. The third kappa shape index (κ3) is 2.79. The van der Waals surface area contributed by atoms with E-state index < -0.39 is 6.04 Å². The van der Waals surface area contributed by atoms with Gasteiger partial charge in [0.05, 0.1) is 13.3 Å². The Morgan fingerprint density at radius 1 is 1.73 bits per heavy atom. The van der Waals surface area contributed by atoms with Gasteiger partial charge in [0.2, 0.25) is 0 Å². The number of carbonyl (C=O) groups excluding carboxylic acids is 1. The van der Waals surface area contributed by atoms with Crippen LogP contribution in [-0.2, 0) is 16.1 Å². The molecule has 0 fully saturated rings. The Hall–Kier alpha value is -1.36. The average molecular weight is 211 g/mol. The van der Waals surface area contributed by atoms with Gasteiger partial charge < -0.3 is 10.1 Å². The predicted molar refractivity (Wildman–Crippen MR) is 56.3 cm³/mol. The van der Waals surface area contributed by atoms with Crippen molar-refractivity contribution >= 4 is 5.97 Å². The quantitative estimate of drug-likeness (QED) is 0.729. The van der Waals surface area contributed by atoms with Gasteiger partial charge in [-0.15, -0.1) is 0 Å². The molecule has 0 aliphatic heterocycles. The number of hydrogen-bond donors (Lipinski definition) is 1. The van der Waals surface area contributed by atoms with Gasteiger partial charge in [-0.1, -0.05) is 6.92 Å². The number of methoxy groups -OCH3 is 1. The molecule has 0 saturated heterocycles. The van der Waals surface area contributed by atoms with Crippen LogP contribution in [0.3, 0.4) is 0 Å². The molecule has 0 saturated carbocycles. The van der Waals surface area contributed by atoms with Crippen molar-refractivity contribution in [1.29, 1.82) is 0 Å². The van der Waals surface area contributed by atoms with Gasteiger partial charge in [0.15, 0.2) is 0 Å². The minimum atomic E-state index is -0.430. The minimum absolute atomic E-state index is 0.298. The van der Waals surface area contributed by atoms with Crippen molar-refractivity contribution in [3.63, 3.8) is 0 Å². The third-order valence-corrected chi connectivity index (χ3v) is 2.16. The Balaban J connectivity index is 2.78. The van der Waals surface area contributed by atoms with E-state index >= 15 is 0 Å². The molecule has 0 amide bonds. The van der Waals surface area contributed by atoms with E-state index in [4.69, 9.17) is 0 Å². The highest BCUT2D eigenvalue weighted by Crippen LogP contribution is 2.12. The van der Waals surface area contributed by atoms with E-state index in [0.717, 1.165) is 18.5 Å². The third-order valence-electron chi connectivity index (χ3n) is 2.16. The number of aromatic nitrogens is 2. The van der Waals surface area contributed by atoms with Crippen LogP contribution in [-0.4, -0.2) is 29.9 Å². The van der Waals surface area contributed by atoms with Gasteiger partial charge in [0, 0.05) is 18.3 Å². The average Bonchev–Trinajstić information content (AvgIpc) is 2.68. The number of ether oxygens (including phenoxy) is 1. The second-order valence-corrected chi connectivity index (χ2v) is 3.28. The van der Waals surface area contributed by atoms with Crippen LogP contribution in [0.25, 0.3) is 0 Å². The lowest BCUT2D eigenvalue weighted by Gasteiger charge is -2.10. The van der Waals surface area contributed by atoms with Gasteiger partial charge in [-0.05, 0) is 13.5 Å². The van der Waals surface area contributed by atoms with Crippen molar-refractivity contribution in [1.82, 2.24) is 15.1 Å². The van der Waals surface area contributed by atoms with Crippen molar-refractivity contribution in [3.8, 4) is 0 Å². The predicted octanol–water partition coefficient (Wildman–Crippen LogP) is 0.727. The summed E-state index contributed by atoms with van der Waals surface area (Å²) < 4.78 is 6.51. The zero-order valence-corrected chi connectivity index (χ0v) is 9.36. The topological polar surface area (TPSA) is 56.2 Å². The van der Waals surface area contributed by atoms with Crippen molar-refractivity contribution in [2.75, 3.05) is 14.2 Å². The van der Waals surface area contributed by atoms with Crippen LogP contribution >= 0.6 is 0 Å². The molecule has 5 heteroatoms. The lowest BCUT2D eigenvalue weighted by Crippen LogP contribution is -2.26. The van der Waals surface area contributed by atoms with Crippen LogP contribution in [0.2, 0.25) is 0 Å². The fraction of sp³-hybridized carbons (Fsp3) is 0.600. The molecule has 1 atom stereocenters. The molecule has 84 valence electrons. The van der Waals surface area contributed by atoms with Crippen LogP contribution in [0, 0.1) is 0 Å². The molecule has 1 aromatic rings. The van der Waals surface area contributed by atoms with Crippen molar-refractivity contribution < 1.29 is 9.53 Å². The number of nitrogens with zero attached hydrogens (tertiary/aromatic N) is 2. The van der Waals surface area contributed by atoms with Crippen LogP contribution < -0.4 is 5.32 Å². The minimum Gasteiger partial charge on any atom is -0.468 e. The van der Waals surface area contributed by atoms with E-state index in [0.29, 0.717) is 0 Å². The molecule has 15 heavy (non-hydrogen) atoms. The number of esters is 1. The summed E-state index contributed by atoms with van der Waals surface area (Å²) in [5, 5.41) is 7.06. The summed E-state index contributed by atoms with van der Waals surface area (Å²) in [6.07, 6.45) is 4.57. The molecule has 1 unspecified atom stereocenters. The van der Waals surface area contributed by atoms with Crippen molar-refractivity contribution in [2.45, 2.75) is 25.9 Å². The molecule has 1 rings (SSSR count). The Labute approximate surface area is 89.4 Å². The van der Waals surface area contributed by atoms with Gasteiger partial charge in [0.25, 0.3) is 0 Å². The number of aryl methyl sites for hydroxylation is 1. The van der Waals surface area contributed by atoms with Crippen LogP contribution in [0.15, 0.2) is 12.4 Å². The second-order valence-electron chi connectivity index (χ2n) is 3.28. The van der Waals surface area contributed by atoms with Crippen LogP contribution in [0.4, 0.5) is 0 Å². The first-order valence-corrected chi connectivity index (χ1v) is 5.00. The first kappa shape index (κ1) is 11.7. The summed E-state index contributed by atoms with van der Waals surface area (Å²) in [6, 6.07) is -0.430. The van der Waals surface area contributed by atoms with Gasteiger partial charge in [-0.2, -0.15) is 5.10 Å². The Bertz CT molecular complexity index is 322. The summed E-state index contributed by atoms with van der Waals surface area (Å²) in [5.41, 5.74) is 0.831. The molecule has 0 bridgehead atoms. The maximum absolute atomic E-state index is 11.4. The molecular formula is C10H17N3O2. The Morgan fingerprint density at radius 2 is 2.47 bits per heavy atom. The molecule has 0 aliphatic carbocycles. The van der Waals surface area contributed by atoms with E-state index in [-0.39, 0.29) is 5.97 Å². The molecule has 1 aromatic heterocycles. The van der Waals surface area contributed by atoms with Crippen LogP contribution in [0.1, 0.15) is 24.9 Å². The van der Waals surface area contributed by atoms with Gasteiger partial charge in [-0.3, -0.25) is 4.68 Å². The van der Waals surface area contributed by atoms with Crippen molar-refractivity contribution in [3.05, 3.63) is 18.0 Å². The maximum Gasteiger partial charge on any atom is 0.327 e. The van der Waals surface area contributed by atoms with E-state index in [1.807, 2.05) is 10.9 Å². The Morgan fingerprint density at radius 3 is 3.00 bits per heavy atom. The summed E-state index contributed by atoms with van der Waals surface area (Å²) in [6.45, 7) is 2.94. The SMILES string of the molecule is CCCn1cc(C(NC)C(=O)OC)cn1. The number of hydrogen-bond acceptors (Lipinski definition) is 4. The fourth-order valence-electron chi connectivity index (χ4n) is 1.42. The highest BCUT2D eigenvalue weighted by Gasteiger charge is 2.20. The number of rotatable bonds is 5. The highest BCUT2D eigenvalue weighted by atomic mass is 16.5. The fourth-order valence-corrected chi connectivity index (χ4v) is 1.42. The molecule has 0 radical (unpaired) electrons. The smallest absolute Gasteiger partial charge is 0.327 e. The lowest BCUT2D eigenvalue weighted by molar-refractivity contribution is -0.143. The molecule has 5 nitrogen and oxygen atoms in total. The number of carbonyl (C=O) groups is 1. The first-order valence-electron chi connectivity index (χ1n) is 5.00. The number of nitrogens with one attached hydrogen (secondary N) is 1. The van der Waals surface area contributed by atoms with Crippen molar-refractivity contribution in [2.24, 2.45) is 0 Å². The van der Waals surface area contributed by atoms with Gasteiger partial charge >= 0.3 is 5.97 Å². The summed E-state index contributed by atoms with van der Waals surface area (Å²) >= 11 is 0. The summed E-state index contributed by atoms with van der Waals surface area (Å²) in [4.78, 5) is 11.4. The molecule has 1 N–H and O–H groups in total. The standard InChI is InChI=1S/C10H17N3O2/c1-4-5-13-7-8(6-12-13)9(11-2)10(14)15-3/h6-7,9,11H,4-5H2,1-3H3. The molecule has 0 aromatic carbocycles. The highest BCUT2D eigenvalue weighted by molar-refractivity contribution is 5.77. The van der Waals surface area contributed by atoms with E-state index in [1.165, 1.54) is 7.11 Å². The summed E-state index contributed by atoms with van der Waals surface area (Å²) in [7, 11) is 3.10. The van der Waals surface area contributed by atoms with Gasteiger partial charge in [0.1, 0.15) is 6.04 Å². The summed E-state index contributed by atoms with van der Waals surface area (Å²) in [5.74, 6) is -0.298. The molecule has 1 heterocycles. The maximum atomic E-state index is 11.4. The molecular weight excluding hydrogens is 194 g/mol. The lowest BCUT2D eigenvalue weighted by atomic mass is 10.2. The Kier molecular flexibility index (Phi) is 4.30. The molecule has 0 aliphatic rings. The van der Waals surface area contributed by atoms with Gasteiger partial charge in [-0.25, -0.2) is 4.79 Å². The normalized spacial score (nSPS) is 12.5. The zero-order chi connectivity index (χ0) is 11.3. The largest absolute Gasteiger partial charge is 0.468 e. The van der Waals surface area contributed by atoms with E-state index in [1.54, 1.807) is 13.2 Å². The van der Waals surface area contributed by atoms with Crippen LogP contribution in [0.5, 0.6) is 0 Å². The molecule has 0 spiro atoms. The monoisotopic (exact) mass is 211 g/mol.